The summed E-state index contributed by atoms with van der Waals surface area (Å²) in [5.41, 5.74) is 0. The average Bonchev–Trinajstić information content (AvgIpc) is 3.06. The molecule has 3 rings (SSSR count). The van der Waals surface area contributed by atoms with Crippen molar-refractivity contribution in [3.05, 3.63) is 0 Å². The Kier molecular flexibility index (Phi) is 7.93. The molecule has 0 saturated carbocycles. The maximum Gasteiger partial charge on any atom is 0.262 e. The SMILES string of the molecule is Cl.Cl.O=C(C1CC(F)(F)CN1)N1CCC(CN2CCOCC2)C1. The highest BCUT2D eigenvalue weighted by atomic mass is 35.5. The van der Waals surface area contributed by atoms with Crippen molar-refractivity contribution in [2.45, 2.75) is 24.8 Å². The van der Waals surface area contributed by atoms with E-state index in [1.165, 1.54) is 0 Å². The minimum Gasteiger partial charge on any atom is -0.379 e. The van der Waals surface area contributed by atoms with Crippen LogP contribution in [0, 0.1) is 5.92 Å². The predicted octanol–water partition coefficient (Wildman–Crippen LogP) is 1.01. The smallest absolute Gasteiger partial charge is 0.262 e. The molecule has 0 aliphatic carbocycles. The Morgan fingerprint density at radius 1 is 1.22 bits per heavy atom. The molecular weight excluding hydrogens is 351 g/mol. The van der Waals surface area contributed by atoms with Gasteiger partial charge < -0.3 is 9.64 Å². The molecule has 2 atom stereocenters. The second-order valence-corrected chi connectivity index (χ2v) is 6.35. The lowest BCUT2D eigenvalue weighted by Crippen LogP contribution is -2.43. The first kappa shape index (κ1) is 20.8. The number of carbonyl (C=O) groups excluding carboxylic acids is 1. The molecule has 3 saturated heterocycles. The average molecular weight is 376 g/mol. The Labute approximate surface area is 147 Å². The van der Waals surface area contributed by atoms with Crippen molar-refractivity contribution in [2.75, 3.05) is 52.5 Å². The van der Waals surface area contributed by atoms with Crippen LogP contribution in [-0.2, 0) is 9.53 Å². The largest absolute Gasteiger partial charge is 0.379 e. The Balaban J connectivity index is 0.00000132. The molecule has 5 nitrogen and oxygen atoms in total. The van der Waals surface area contributed by atoms with Crippen molar-refractivity contribution in [1.82, 2.24) is 15.1 Å². The molecule has 3 fully saturated rings. The number of nitrogens with zero attached hydrogens (tertiary/aromatic N) is 2. The van der Waals surface area contributed by atoms with Crippen molar-refractivity contribution < 1.29 is 18.3 Å². The van der Waals surface area contributed by atoms with E-state index in [1.807, 2.05) is 0 Å². The minimum absolute atomic E-state index is 0. The first-order chi connectivity index (χ1) is 10.0. The maximum absolute atomic E-state index is 13.2. The van der Waals surface area contributed by atoms with Crippen LogP contribution in [0.5, 0.6) is 0 Å². The van der Waals surface area contributed by atoms with Crippen LogP contribution in [-0.4, -0.2) is 80.2 Å². The third-order valence-corrected chi connectivity index (χ3v) is 4.63. The topological polar surface area (TPSA) is 44.8 Å². The molecule has 1 amide bonds. The third kappa shape index (κ3) is 5.39. The molecular formula is C14H25Cl2F2N3O2. The van der Waals surface area contributed by atoms with Crippen LogP contribution in [0.4, 0.5) is 8.78 Å². The molecule has 9 heteroatoms. The summed E-state index contributed by atoms with van der Waals surface area (Å²) in [7, 11) is 0. The molecule has 0 bridgehead atoms. The van der Waals surface area contributed by atoms with Gasteiger partial charge in [-0.25, -0.2) is 8.78 Å². The van der Waals surface area contributed by atoms with Gasteiger partial charge in [-0.1, -0.05) is 0 Å². The second-order valence-electron chi connectivity index (χ2n) is 6.35. The van der Waals surface area contributed by atoms with Crippen molar-refractivity contribution in [3.63, 3.8) is 0 Å². The van der Waals surface area contributed by atoms with Gasteiger partial charge in [-0.2, -0.15) is 0 Å². The van der Waals surface area contributed by atoms with E-state index >= 15 is 0 Å². The van der Waals surface area contributed by atoms with E-state index in [1.54, 1.807) is 4.90 Å². The molecule has 0 aromatic carbocycles. The van der Waals surface area contributed by atoms with Gasteiger partial charge in [-0.05, 0) is 12.3 Å². The Hall–Kier alpha value is -0.210. The number of rotatable bonds is 3. The minimum atomic E-state index is -2.74. The van der Waals surface area contributed by atoms with Crippen molar-refractivity contribution in [2.24, 2.45) is 5.92 Å². The number of alkyl halides is 2. The van der Waals surface area contributed by atoms with E-state index in [0.717, 1.165) is 39.3 Å². The van der Waals surface area contributed by atoms with Gasteiger partial charge in [0.25, 0.3) is 5.92 Å². The zero-order valence-corrected chi connectivity index (χ0v) is 14.6. The number of likely N-dealkylation sites (tertiary alicyclic amines) is 1. The standard InChI is InChI=1S/C14H23F2N3O2.2ClH/c15-14(16)7-12(17-10-14)13(20)19-2-1-11(9-19)8-18-3-5-21-6-4-18;;/h11-12,17H,1-10H2;2*1H. The Morgan fingerprint density at radius 2 is 1.91 bits per heavy atom. The molecule has 2 unspecified atom stereocenters. The van der Waals surface area contributed by atoms with Gasteiger partial charge in [-0.15, -0.1) is 24.8 Å². The molecule has 1 N–H and O–H groups in total. The fourth-order valence-electron chi connectivity index (χ4n) is 3.44. The fraction of sp³-hybridized carbons (Fsp3) is 0.929. The van der Waals surface area contributed by atoms with Crippen LogP contribution in [0.15, 0.2) is 0 Å². The number of hydrogen-bond donors (Lipinski definition) is 1. The summed E-state index contributed by atoms with van der Waals surface area (Å²) >= 11 is 0. The van der Waals surface area contributed by atoms with Crippen LogP contribution < -0.4 is 5.32 Å². The highest BCUT2D eigenvalue weighted by Gasteiger charge is 2.44. The maximum atomic E-state index is 13.2. The highest BCUT2D eigenvalue weighted by molar-refractivity contribution is 5.85. The molecule has 3 aliphatic heterocycles. The van der Waals surface area contributed by atoms with Gasteiger partial charge in [0.15, 0.2) is 0 Å². The number of morpholine rings is 1. The normalized spacial score (nSPS) is 30.6. The lowest BCUT2D eigenvalue weighted by atomic mass is 10.1. The first-order valence-electron chi connectivity index (χ1n) is 7.74. The van der Waals surface area contributed by atoms with Gasteiger partial charge in [0.2, 0.25) is 5.91 Å². The lowest BCUT2D eigenvalue weighted by Gasteiger charge is -2.29. The summed E-state index contributed by atoms with van der Waals surface area (Å²) in [4.78, 5) is 16.4. The van der Waals surface area contributed by atoms with Gasteiger partial charge in [0.1, 0.15) is 0 Å². The van der Waals surface area contributed by atoms with E-state index < -0.39 is 12.0 Å². The molecule has 3 heterocycles. The van der Waals surface area contributed by atoms with Gasteiger partial charge >= 0.3 is 0 Å². The first-order valence-corrected chi connectivity index (χ1v) is 7.74. The summed E-state index contributed by atoms with van der Waals surface area (Å²) in [5, 5.41) is 2.65. The molecule has 0 spiro atoms. The van der Waals surface area contributed by atoms with Crippen molar-refractivity contribution in [3.8, 4) is 0 Å². The molecule has 3 aliphatic rings. The van der Waals surface area contributed by atoms with Crippen LogP contribution >= 0.6 is 24.8 Å². The quantitative estimate of drug-likeness (QED) is 0.799. The predicted molar refractivity (Wildman–Crippen MR) is 87.8 cm³/mol. The van der Waals surface area contributed by atoms with E-state index in [4.69, 9.17) is 4.74 Å². The van der Waals surface area contributed by atoms with Crippen LogP contribution in [0.2, 0.25) is 0 Å². The molecule has 136 valence electrons. The van der Waals surface area contributed by atoms with Gasteiger partial charge in [0.05, 0.1) is 25.8 Å². The van der Waals surface area contributed by atoms with E-state index in [0.29, 0.717) is 19.0 Å². The van der Waals surface area contributed by atoms with Crippen LogP contribution in [0.25, 0.3) is 0 Å². The number of amides is 1. The summed E-state index contributed by atoms with van der Waals surface area (Å²) in [6, 6.07) is -0.706. The van der Waals surface area contributed by atoms with E-state index in [-0.39, 0.29) is 43.7 Å². The summed E-state index contributed by atoms with van der Waals surface area (Å²) in [6.07, 6.45) is 0.600. The Morgan fingerprint density at radius 3 is 2.52 bits per heavy atom. The van der Waals surface area contributed by atoms with Crippen LogP contribution in [0.1, 0.15) is 12.8 Å². The summed E-state index contributed by atoms with van der Waals surface area (Å²) < 4.78 is 31.7. The molecule has 0 aromatic heterocycles. The number of ether oxygens (including phenoxy) is 1. The van der Waals surface area contributed by atoms with E-state index in [9.17, 15) is 13.6 Å². The van der Waals surface area contributed by atoms with Gasteiger partial charge in [-0.3, -0.25) is 15.0 Å². The molecule has 23 heavy (non-hydrogen) atoms. The monoisotopic (exact) mass is 375 g/mol. The number of carbonyl (C=O) groups is 1. The zero-order valence-electron chi connectivity index (χ0n) is 13.0. The molecule has 0 radical (unpaired) electrons. The fourth-order valence-corrected chi connectivity index (χ4v) is 3.44. The number of halogens is 4. The lowest BCUT2D eigenvalue weighted by molar-refractivity contribution is -0.132. The van der Waals surface area contributed by atoms with Crippen molar-refractivity contribution in [1.29, 1.82) is 0 Å². The highest BCUT2D eigenvalue weighted by Crippen LogP contribution is 2.27. The summed E-state index contributed by atoms with van der Waals surface area (Å²) in [6.45, 7) is 5.42. The molecule has 0 aromatic rings. The zero-order chi connectivity index (χ0) is 14.9. The van der Waals surface area contributed by atoms with Crippen molar-refractivity contribution >= 4 is 30.7 Å². The summed E-state index contributed by atoms with van der Waals surface area (Å²) in [5.74, 6) is -2.45. The third-order valence-electron chi connectivity index (χ3n) is 4.63. The number of nitrogens with one attached hydrogen (secondary N) is 1. The van der Waals surface area contributed by atoms with Gasteiger partial charge in [0, 0.05) is 39.1 Å². The Bertz CT molecular complexity index is 398. The second kappa shape index (κ2) is 8.76. The van der Waals surface area contributed by atoms with Crippen LogP contribution in [0.3, 0.4) is 0 Å². The van der Waals surface area contributed by atoms with E-state index in [2.05, 4.69) is 10.2 Å². The number of hydrogen-bond acceptors (Lipinski definition) is 4.